The summed E-state index contributed by atoms with van der Waals surface area (Å²) in [6.45, 7) is 3.14. The zero-order chi connectivity index (χ0) is 11.4. The first-order valence-corrected chi connectivity index (χ1v) is 6.52. The van der Waals surface area contributed by atoms with Crippen molar-refractivity contribution in [3.05, 3.63) is 11.8 Å². The van der Waals surface area contributed by atoms with Crippen LogP contribution < -0.4 is 10.6 Å². The Balaban J connectivity index is 2.09. The largest absolute Gasteiger partial charge is 0.382 e. The van der Waals surface area contributed by atoms with E-state index in [0.29, 0.717) is 11.6 Å². The van der Waals surface area contributed by atoms with Crippen molar-refractivity contribution in [2.45, 2.75) is 57.0 Å². The van der Waals surface area contributed by atoms with Crippen LogP contribution in [0.1, 0.15) is 45.4 Å². The predicted molar refractivity (Wildman–Crippen MR) is 67.9 cm³/mol. The Morgan fingerprint density at radius 2 is 2.19 bits per heavy atom. The van der Waals surface area contributed by atoms with E-state index in [-0.39, 0.29) is 0 Å². The molecule has 1 unspecified atom stereocenters. The van der Waals surface area contributed by atoms with E-state index in [1.165, 1.54) is 50.4 Å². The molecule has 1 heterocycles. The van der Waals surface area contributed by atoms with Gasteiger partial charge in [0, 0.05) is 23.5 Å². The molecule has 16 heavy (non-hydrogen) atoms. The van der Waals surface area contributed by atoms with E-state index >= 15 is 0 Å². The predicted octanol–water partition coefficient (Wildman–Crippen LogP) is 2.19. The third kappa shape index (κ3) is 2.29. The summed E-state index contributed by atoms with van der Waals surface area (Å²) in [5.74, 6) is 0. The maximum atomic E-state index is 7.22. The van der Waals surface area contributed by atoms with Crippen molar-refractivity contribution >= 4 is 6.21 Å². The van der Waals surface area contributed by atoms with E-state index in [4.69, 9.17) is 5.41 Å². The molecule has 1 saturated heterocycles. The first-order valence-electron chi connectivity index (χ1n) is 6.52. The van der Waals surface area contributed by atoms with E-state index in [2.05, 4.69) is 17.6 Å². The highest BCUT2D eigenvalue weighted by atomic mass is 15.1. The quantitative estimate of drug-likeness (QED) is 0.640. The molecule has 2 rings (SSSR count). The van der Waals surface area contributed by atoms with Gasteiger partial charge in [-0.25, -0.2) is 0 Å². The minimum Gasteiger partial charge on any atom is -0.382 e. The first kappa shape index (κ1) is 11.6. The molecule has 2 aliphatic rings. The van der Waals surface area contributed by atoms with Gasteiger partial charge in [0.25, 0.3) is 0 Å². The summed E-state index contributed by atoms with van der Waals surface area (Å²) in [5.41, 5.74) is 1.55. The van der Waals surface area contributed by atoms with E-state index in [0.717, 1.165) is 6.54 Å². The third-order valence-corrected chi connectivity index (χ3v) is 3.90. The van der Waals surface area contributed by atoms with E-state index < -0.39 is 0 Å². The molecular formula is C13H23N3. The van der Waals surface area contributed by atoms with Gasteiger partial charge in [-0.1, -0.05) is 26.2 Å². The van der Waals surface area contributed by atoms with Gasteiger partial charge in [-0.05, 0) is 31.9 Å². The SMILES string of the molecule is CCNC1CC2(CCCCC2)N/C1=C\C=N. The average Bonchev–Trinajstić information content (AvgIpc) is 2.59. The number of hydrogen-bond acceptors (Lipinski definition) is 3. The molecule has 1 aliphatic carbocycles. The van der Waals surface area contributed by atoms with Crippen LogP contribution in [-0.2, 0) is 0 Å². The molecule has 3 nitrogen and oxygen atoms in total. The summed E-state index contributed by atoms with van der Waals surface area (Å²) < 4.78 is 0. The third-order valence-electron chi connectivity index (χ3n) is 3.90. The van der Waals surface area contributed by atoms with Crippen molar-refractivity contribution in [3.8, 4) is 0 Å². The molecule has 1 spiro atoms. The van der Waals surface area contributed by atoms with Crippen LogP contribution in [0.15, 0.2) is 11.8 Å². The van der Waals surface area contributed by atoms with E-state index in [1.807, 2.05) is 6.08 Å². The van der Waals surface area contributed by atoms with E-state index in [1.54, 1.807) is 0 Å². The van der Waals surface area contributed by atoms with E-state index in [9.17, 15) is 0 Å². The molecule has 0 aromatic carbocycles. The molecule has 0 radical (unpaired) electrons. The van der Waals surface area contributed by atoms with Gasteiger partial charge in [-0.15, -0.1) is 0 Å². The zero-order valence-electron chi connectivity index (χ0n) is 10.2. The van der Waals surface area contributed by atoms with Gasteiger partial charge in [-0.2, -0.15) is 0 Å². The zero-order valence-corrected chi connectivity index (χ0v) is 10.2. The lowest BCUT2D eigenvalue weighted by molar-refractivity contribution is 0.262. The average molecular weight is 221 g/mol. The van der Waals surface area contributed by atoms with Crippen LogP contribution >= 0.6 is 0 Å². The van der Waals surface area contributed by atoms with Gasteiger partial charge < -0.3 is 16.0 Å². The number of rotatable bonds is 3. The van der Waals surface area contributed by atoms with Crippen LogP contribution in [0, 0.1) is 5.41 Å². The second kappa shape index (κ2) is 5.00. The molecule has 1 aliphatic heterocycles. The lowest BCUT2D eigenvalue weighted by Gasteiger charge is -2.34. The lowest BCUT2D eigenvalue weighted by Crippen LogP contribution is -2.40. The summed E-state index contributed by atoms with van der Waals surface area (Å²) in [7, 11) is 0. The minimum atomic E-state index is 0.333. The summed E-state index contributed by atoms with van der Waals surface area (Å²) in [6.07, 6.45) is 11.2. The molecule has 0 bridgehead atoms. The fraction of sp³-hybridized carbons (Fsp3) is 0.769. The highest BCUT2D eigenvalue weighted by Crippen LogP contribution is 2.38. The maximum absolute atomic E-state index is 7.22. The lowest BCUT2D eigenvalue weighted by atomic mass is 9.80. The second-order valence-electron chi connectivity index (χ2n) is 5.07. The van der Waals surface area contributed by atoms with Gasteiger partial charge in [0.2, 0.25) is 0 Å². The Morgan fingerprint density at radius 3 is 2.81 bits per heavy atom. The smallest absolute Gasteiger partial charge is 0.0492 e. The molecule has 1 atom stereocenters. The molecule has 2 fully saturated rings. The van der Waals surface area contributed by atoms with Crippen molar-refractivity contribution < 1.29 is 0 Å². The molecular weight excluding hydrogens is 198 g/mol. The highest BCUT2D eigenvalue weighted by molar-refractivity contribution is 5.69. The molecule has 0 aromatic rings. The Hall–Kier alpha value is -0.830. The minimum absolute atomic E-state index is 0.333. The number of hydrogen-bond donors (Lipinski definition) is 3. The normalized spacial score (nSPS) is 30.6. The summed E-state index contributed by atoms with van der Waals surface area (Å²) >= 11 is 0. The van der Waals surface area contributed by atoms with Crippen molar-refractivity contribution in [1.29, 1.82) is 5.41 Å². The standard InChI is InChI=1S/C13H23N3/c1-2-15-12-10-13(7-4-3-5-8-13)16-11(12)6-9-14/h6,9,12,14-16H,2-5,7-8,10H2,1H3/b11-6-,14-9?. The first-order chi connectivity index (χ1) is 7.79. The Morgan fingerprint density at radius 1 is 1.44 bits per heavy atom. The van der Waals surface area contributed by atoms with Gasteiger partial charge >= 0.3 is 0 Å². The van der Waals surface area contributed by atoms with Crippen LogP contribution in [0.4, 0.5) is 0 Å². The molecule has 90 valence electrons. The topological polar surface area (TPSA) is 47.9 Å². The molecule has 1 saturated carbocycles. The fourth-order valence-corrected chi connectivity index (χ4v) is 3.18. The van der Waals surface area contributed by atoms with Crippen LogP contribution in [-0.4, -0.2) is 24.3 Å². The van der Waals surface area contributed by atoms with Crippen LogP contribution in [0.25, 0.3) is 0 Å². The van der Waals surface area contributed by atoms with Crippen molar-refractivity contribution in [2.75, 3.05) is 6.54 Å². The van der Waals surface area contributed by atoms with Crippen molar-refractivity contribution in [1.82, 2.24) is 10.6 Å². The van der Waals surface area contributed by atoms with Gasteiger partial charge in [0.1, 0.15) is 0 Å². The van der Waals surface area contributed by atoms with Crippen LogP contribution in [0.3, 0.4) is 0 Å². The highest BCUT2D eigenvalue weighted by Gasteiger charge is 2.41. The second-order valence-corrected chi connectivity index (χ2v) is 5.07. The monoisotopic (exact) mass is 221 g/mol. The summed E-state index contributed by atoms with van der Waals surface area (Å²) in [4.78, 5) is 0. The van der Waals surface area contributed by atoms with Gasteiger partial charge in [0.15, 0.2) is 0 Å². The maximum Gasteiger partial charge on any atom is 0.0492 e. The Labute approximate surface area is 98.2 Å². The molecule has 0 aromatic heterocycles. The summed E-state index contributed by atoms with van der Waals surface area (Å²) in [5, 5.41) is 14.4. The van der Waals surface area contributed by atoms with Crippen molar-refractivity contribution in [2.24, 2.45) is 0 Å². The van der Waals surface area contributed by atoms with Crippen LogP contribution in [0.2, 0.25) is 0 Å². The number of allylic oxidation sites excluding steroid dienone is 1. The number of likely N-dealkylation sites (N-methyl/N-ethyl adjacent to an activating group) is 1. The van der Waals surface area contributed by atoms with Gasteiger partial charge in [-0.3, -0.25) is 0 Å². The van der Waals surface area contributed by atoms with Crippen molar-refractivity contribution in [3.63, 3.8) is 0 Å². The Kier molecular flexibility index (Phi) is 3.64. The Bertz CT molecular complexity index is 277. The van der Waals surface area contributed by atoms with Crippen LogP contribution in [0.5, 0.6) is 0 Å². The molecule has 3 heteroatoms. The summed E-state index contributed by atoms with van der Waals surface area (Å²) in [6, 6.07) is 0.435. The molecule has 3 N–H and O–H groups in total. The number of nitrogens with one attached hydrogen (secondary N) is 3. The van der Waals surface area contributed by atoms with Gasteiger partial charge in [0.05, 0.1) is 0 Å². The fourth-order valence-electron chi connectivity index (χ4n) is 3.18. The molecule has 0 amide bonds.